The number of nitro groups is 1. The molecular formula is C12H15N3O2. The fourth-order valence-corrected chi connectivity index (χ4v) is 3.02. The second kappa shape index (κ2) is 3.70. The first-order chi connectivity index (χ1) is 8.16. The van der Waals surface area contributed by atoms with E-state index in [4.69, 9.17) is 0 Å². The van der Waals surface area contributed by atoms with E-state index in [-0.39, 0.29) is 10.6 Å². The number of para-hydroxylation sites is 2. The molecule has 2 atom stereocenters. The summed E-state index contributed by atoms with van der Waals surface area (Å²) >= 11 is 0. The van der Waals surface area contributed by atoms with Crippen molar-refractivity contribution < 1.29 is 4.92 Å². The molecule has 2 fully saturated rings. The van der Waals surface area contributed by atoms with Gasteiger partial charge in [0.15, 0.2) is 0 Å². The maximum atomic E-state index is 11.0. The van der Waals surface area contributed by atoms with E-state index >= 15 is 0 Å². The highest BCUT2D eigenvalue weighted by Crippen LogP contribution is 2.37. The molecule has 0 spiro atoms. The minimum atomic E-state index is -0.287. The molecule has 2 aliphatic rings. The SMILES string of the molecule is CN1C[C@@H]2C[C@H]1CN2c1ccccc1[N+](=O)[O-]. The van der Waals surface area contributed by atoms with Gasteiger partial charge in [-0.15, -0.1) is 0 Å². The molecule has 0 unspecified atom stereocenters. The summed E-state index contributed by atoms with van der Waals surface area (Å²) in [5, 5.41) is 11.0. The third kappa shape index (κ3) is 1.58. The van der Waals surface area contributed by atoms with Gasteiger partial charge in [-0.05, 0) is 19.5 Å². The van der Waals surface area contributed by atoms with Crippen LogP contribution in [0.5, 0.6) is 0 Å². The normalized spacial score (nSPS) is 27.7. The number of likely N-dealkylation sites (tertiary alicyclic amines) is 1. The highest BCUT2D eigenvalue weighted by atomic mass is 16.6. The lowest BCUT2D eigenvalue weighted by atomic mass is 10.2. The average Bonchev–Trinajstić information content (AvgIpc) is 2.87. The third-order valence-corrected chi connectivity index (χ3v) is 3.90. The minimum absolute atomic E-state index is 0.225. The van der Waals surface area contributed by atoms with Crippen LogP contribution in [0.1, 0.15) is 6.42 Å². The summed E-state index contributed by atoms with van der Waals surface area (Å²) < 4.78 is 0. The fourth-order valence-electron chi connectivity index (χ4n) is 3.02. The zero-order valence-electron chi connectivity index (χ0n) is 9.74. The summed E-state index contributed by atoms with van der Waals surface area (Å²) in [5.74, 6) is 0. The van der Waals surface area contributed by atoms with Crippen molar-refractivity contribution in [3.63, 3.8) is 0 Å². The number of anilines is 1. The van der Waals surface area contributed by atoms with Crippen molar-refractivity contribution in [1.82, 2.24) is 4.90 Å². The highest BCUT2D eigenvalue weighted by Gasteiger charge is 2.42. The molecular weight excluding hydrogens is 218 g/mol. The van der Waals surface area contributed by atoms with Crippen LogP contribution in [-0.4, -0.2) is 42.0 Å². The van der Waals surface area contributed by atoms with Gasteiger partial charge in [-0.3, -0.25) is 15.0 Å². The average molecular weight is 233 g/mol. The Morgan fingerprint density at radius 2 is 2.06 bits per heavy atom. The molecule has 0 amide bonds. The number of rotatable bonds is 2. The molecule has 2 heterocycles. The first-order valence-electron chi connectivity index (χ1n) is 5.87. The van der Waals surface area contributed by atoms with Crippen LogP contribution in [0.15, 0.2) is 24.3 Å². The molecule has 0 radical (unpaired) electrons. The standard InChI is InChI=1S/C12H15N3O2/c1-13-7-10-6-9(13)8-14(10)11-4-2-3-5-12(11)15(16)17/h2-5,9-10H,6-8H2,1H3/t9-,10-/m0/s1. The Hall–Kier alpha value is -1.62. The number of likely N-dealkylation sites (N-methyl/N-ethyl adjacent to an activating group) is 1. The lowest BCUT2D eigenvalue weighted by molar-refractivity contribution is -0.384. The van der Waals surface area contributed by atoms with Gasteiger partial charge >= 0.3 is 0 Å². The molecule has 2 saturated heterocycles. The predicted molar refractivity (Wildman–Crippen MR) is 65.3 cm³/mol. The number of hydrogen-bond acceptors (Lipinski definition) is 4. The van der Waals surface area contributed by atoms with Crippen LogP contribution >= 0.6 is 0 Å². The fraction of sp³-hybridized carbons (Fsp3) is 0.500. The zero-order valence-corrected chi connectivity index (χ0v) is 9.74. The van der Waals surface area contributed by atoms with Crippen molar-refractivity contribution in [2.24, 2.45) is 0 Å². The van der Waals surface area contributed by atoms with Gasteiger partial charge in [-0.2, -0.15) is 0 Å². The van der Waals surface area contributed by atoms with Crippen LogP contribution in [0.2, 0.25) is 0 Å². The molecule has 1 aromatic carbocycles. The topological polar surface area (TPSA) is 49.6 Å². The maximum Gasteiger partial charge on any atom is 0.292 e. The largest absolute Gasteiger partial charge is 0.360 e. The van der Waals surface area contributed by atoms with E-state index in [0.29, 0.717) is 12.1 Å². The Balaban J connectivity index is 1.94. The monoisotopic (exact) mass is 233 g/mol. The van der Waals surface area contributed by atoms with Crippen LogP contribution in [0.4, 0.5) is 11.4 Å². The van der Waals surface area contributed by atoms with Crippen molar-refractivity contribution in [3.8, 4) is 0 Å². The van der Waals surface area contributed by atoms with Gasteiger partial charge in [0.05, 0.1) is 4.92 Å². The van der Waals surface area contributed by atoms with E-state index in [1.807, 2.05) is 12.1 Å². The minimum Gasteiger partial charge on any atom is -0.360 e. The van der Waals surface area contributed by atoms with Crippen LogP contribution in [0, 0.1) is 10.1 Å². The van der Waals surface area contributed by atoms with Crippen molar-refractivity contribution in [1.29, 1.82) is 0 Å². The highest BCUT2D eigenvalue weighted by molar-refractivity contribution is 5.64. The second-order valence-corrected chi connectivity index (χ2v) is 4.88. The predicted octanol–water partition coefficient (Wildman–Crippen LogP) is 1.49. The lowest BCUT2D eigenvalue weighted by Crippen LogP contribution is -2.44. The Bertz CT molecular complexity index is 461. The molecule has 5 heteroatoms. The lowest BCUT2D eigenvalue weighted by Gasteiger charge is -2.33. The summed E-state index contributed by atoms with van der Waals surface area (Å²) in [7, 11) is 2.13. The van der Waals surface area contributed by atoms with E-state index in [1.54, 1.807) is 12.1 Å². The Morgan fingerprint density at radius 3 is 2.65 bits per heavy atom. The molecule has 1 aromatic rings. The molecule has 5 nitrogen and oxygen atoms in total. The van der Waals surface area contributed by atoms with Gasteiger partial charge < -0.3 is 4.90 Å². The van der Waals surface area contributed by atoms with E-state index in [2.05, 4.69) is 16.8 Å². The van der Waals surface area contributed by atoms with Crippen molar-refractivity contribution in [3.05, 3.63) is 34.4 Å². The van der Waals surface area contributed by atoms with Crippen LogP contribution < -0.4 is 4.90 Å². The number of benzene rings is 1. The molecule has 17 heavy (non-hydrogen) atoms. The van der Waals surface area contributed by atoms with Gasteiger partial charge in [-0.25, -0.2) is 0 Å². The van der Waals surface area contributed by atoms with Gasteiger partial charge in [-0.1, -0.05) is 12.1 Å². The first-order valence-corrected chi connectivity index (χ1v) is 5.87. The number of nitro benzene ring substituents is 1. The van der Waals surface area contributed by atoms with E-state index in [1.165, 1.54) is 0 Å². The summed E-state index contributed by atoms with van der Waals surface area (Å²) in [6, 6.07) is 8.04. The molecule has 2 bridgehead atoms. The Morgan fingerprint density at radius 1 is 1.29 bits per heavy atom. The van der Waals surface area contributed by atoms with Crippen molar-refractivity contribution in [2.45, 2.75) is 18.5 Å². The van der Waals surface area contributed by atoms with Crippen molar-refractivity contribution in [2.75, 3.05) is 25.0 Å². The molecule has 0 aliphatic carbocycles. The molecule has 3 rings (SSSR count). The summed E-state index contributed by atoms with van der Waals surface area (Å²) in [5.41, 5.74) is 1.00. The van der Waals surface area contributed by atoms with Crippen LogP contribution in [-0.2, 0) is 0 Å². The second-order valence-electron chi connectivity index (χ2n) is 4.88. The van der Waals surface area contributed by atoms with E-state index < -0.39 is 0 Å². The summed E-state index contributed by atoms with van der Waals surface area (Å²) in [6.45, 7) is 1.92. The van der Waals surface area contributed by atoms with E-state index in [0.717, 1.165) is 25.2 Å². The maximum absolute atomic E-state index is 11.0. The number of fused-ring (bicyclic) bond motifs is 2. The molecule has 0 aromatic heterocycles. The quantitative estimate of drug-likeness (QED) is 0.573. The molecule has 0 N–H and O–H groups in total. The Labute approximate surface area is 99.8 Å². The number of nitrogens with zero attached hydrogens (tertiary/aromatic N) is 3. The smallest absolute Gasteiger partial charge is 0.292 e. The van der Waals surface area contributed by atoms with Gasteiger partial charge in [0.1, 0.15) is 5.69 Å². The molecule has 0 saturated carbocycles. The summed E-state index contributed by atoms with van der Waals surface area (Å²) in [6.07, 6.45) is 1.13. The van der Waals surface area contributed by atoms with Crippen molar-refractivity contribution >= 4 is 11.4 Å². The zero-order chi connectivity index (χ0) is 12.0. The van der Waals surface area contributed by atoms with Gasteiger partial charge in [0, 0.05) is 31.2 Å². The first kappa shape index (κ1) is 10.5. The molecule has 2 aliphatic heterocycles. The van der Waals surface area contributed by atoms with E-state index in [9.17, 15) is 10.1 Å². The van der Waals surface area contributed by atoms with Crippen LogP contribution in [0.3, 0.4) is 0 Å². The van der Waals surface area contributed by atoms with Crippen LogP contribution in [0.25, 0.3) is 0 Å². The van der Waals surface area contributed by atoms with Gasteiger partial charge in [0.25, 0.3) is 5.69 Å². The Kier molecular flexibility index (Phi) is 2.29. The van der Waals surface area contributed by atoms with Gasteiger partial charge in [0.2, 0.25) is 0 Å². The number of hydrogen-bond donors (Lipinski definition) is 0. The molecule has 90 valence electrons. The third-order valence-electron chi connectivity index (χ3n) is 3.90. The number of piperazine rings is 1. The summed E-state index contributed by atoms with van der Waals surface area (Å²) in [4.78, 5) is 15.3.